The highest BCUT2D eigenvalue weighted by Gasteiger charge is 2.64. The van der Waals surface area contributed by atoms with Gasteiger partial charge in [0.05, 0.1) is 6.61 Å². The highest BCUT2D eigenvalue weighted by molar-refractivity contribution is 6.09. The van der Waals surface area contributed by atoms with Crippen LogP contribution in [0.3, 0.4) is 0 Å². The van der Waals surface area contributed by atoms with Gasteiger partial charge in [0.1, 0.15) is 11.2 Å². The monoisotopic (exact) mass is 394 g/mol. The van der Waals surface area contributed by atoms with E-state index in [2.05, 4.69) is 0 Å². The second-order valence-electron chi connectivity index (χ2n) is 7.92. The van der Waals surface area contributed by atoms with Crippen molar-refractivity contribution in [2.24, 2.45) is 10.8 Å². The lowest BCUT2D eigenvalue weighted by Crippen LogP contribution is -2.60. The van der Waals surface area contributed by atoms with Gasteiger partial charge < -0.3 is 9.64 Å². The molecule has 1 unspecified atom stereocenters. The molecule has 6 nitrogen and oxygen atoms in total. The molecule has 1 atom stereocenters. The van der Waals surface area contributed by atoms with Crippen molar-refractivity contribution in [3.63, 3.8) is 0 Å². The van der Waals surface area contributed by atoms with Crippen LogP contribution in [0.5, 0.6) is 0 Å². The third-order valence-corrected chi connectivity index (χ3v) is 6.43. The SMILES string of the molecule is CCOC(=O)N1C=CC2(C=C1)CCN(Cc1ccccc1)C(=O)C21CCCC1=O. The molecule has 1 aromatic rings. The summed E-state index contributed by atoms with van der Waals surface area (Å²) in [7, 11) is 0. The van der Waals surface area contributed by atoms with Crippen LogP contribution in [0.15, 0.2) is 54.9 Å². The number of ether oxygens (including phenoxy) is 1. The van der Waals surface area contributed by atoms with E-state index in [-0.39, 0.29) is 18.3 Å². The summed E-state index contributed by atoms with van der Waals surface area (Å²) in [5, 5.41) is 0. The van der Waals surface area contributed by atoms with Gasteiger partial charge in [-0.3, -0.25) is 14.5 Å². The van der Waals surface area contributed by atoms with Gasteiger partial charge in [0.15, 0.2) is 0 Å². The van der Waals surface area contributed by atoms with Gasteiger partial charge in [-0.2, -0.15) is 0 Å². The fourth-order valence-corrected chi connectivity index (χ4v) is 4.95. The van der Waals surface area contributed by atoms with E-state index in [1.165, 1.54) is 4.90 Å². The van der Waals surface area contributed by atoms with Gasteiger partial charge in [0, 0.05) is 37.3 Å². The van der Waals surface area contributed by atoms with Crippen LogP contribution in [-0.4, -0.2) is 40.7 Å². The van der Waals surface area contributed by atoms with Crippen molar-refractivity contribution in [1.29, 1.82) is 0 Å². The number of ketones is 1. The van der Waals surface area contributed by atoms with E-state index < -0.39 is 16.9 Å². The standard InChI is InChI=1S/C23H26N2O4/c1-2-29-21(28)24-14-11-22(12-15-24)13-16-25(17-18-7-4-3-5-8-18)20(27)23(22)10-6-9-19(23)26/h3-5,7-8,11-12,14-15H,2,6,9-10,13,16-17H2,1H3. The molecule has 152 valence electrons. The first-order chi connectivity index (χ1) is 14.0. The summed E-state index contributed by atoms with van der Waals surface area (Å²) in [6, 6.07) is 9.86. The number of rotatable bonds is 3. The summed E-state index contributed by atoms with van der Waals surface area (Å²) in [4.78, 5) is 42.0. The first-order valence-electron chi connectivity index (χ1n) is 10.2. The van der Waals surface area contributed by atoms with Gasteiger partial charge in [0.25, 0.3) is 0 Å². The van der Waals surface area contributed by atoms with Crippen LogP contribution in [0.4, 0.5) is 4.79 Å². The average molecular weight is 394 g/mol. The number of amides is 2. The molecule has 0 radical (unpaired) electrons. The van der Waals surface area contributed by atoms with Gasteiger partial charge in [0.2, 0.25) is 5.91 Å². The summed E-state index contributed by atoms with van der Waals surface area (Å²) in [5.41, 5.74) is -0.706. The number of fused-ring (bicyclic) bond motifs is 1. The summed E-state index contributed by atoms with van der Waals surface area (Å²) in [5.74, 6) is -0.0758. The molecule has 2 amide bonds. The lowest BCUT2D eigenvalue weighted by Gasteiger charge is -2.51. The van der Waals surface area contributed by atoms with Crippen molar-refractivity contribution in [2.75, 3.05) is 13.2 Å². The molecule has 4 rings (SSSR count). The zero-order chi connectivity index (χ0) is 20.5. The molecule has 1 saturated carbocycles. The number of likely N-dealkylation sites (tertiary alicyclic amines) is 1. The number of carbonyl (C=O) groups excluding carboxylic acids is 3. The minimum atomic E-state index is -1.08. The zero-order valence-corrected chi connectivity index (χ0v) is 16.7. The molecule has 0 aromatic heterocycles. The minimum Gasteiger partial charge on any atom is -0.449 e. The van der Waals surface area contributed by atoms with E-state index in [9.17, 15) is 14.4 Å². The molecule has 2 aliphatic heterocycles. The van der Waals surface area contributed by atoms with Gasteiger partial charge in [-0.15, -0.1) is 0 Å². The summed E-state index contributed by atoms with van der Waals surface area (Å²) < 4.78 is 5.04. The molecule has 29 heavy (non-hydrogen) atoms. The average Bonchev–Trinajstić information content (AvgIpc) is 3.13. The third kappa shape index (κ3) is 3.07. The van der Waals surface area contributed by atoms with Crippen molar-refractivity contribution < 1.29 is 19.1 Å². The fourth-order valence-electron chi connectivity index (χ4n) is 4.95. The molecule has 2 heterocycles. The molecule has 1 aliphatic carbocycles. The first-order valence-corrected chi connectivity index (χ1v) is 10.2. The van der Waals surface area contributed by atoms with Gasteiger partial charge >= 0.3 is 6.09 Å². The molecule has 2 fully saturated rings. The lowest BCUT2D eigenvalue weighted by atomic mass is 9.56. The lowest BCUT2D eigenvalue weighted by molar-refractivity contribution is -0.160. The highest BCUT2D eigenvalue weighted by atomic mass is 16.6. The molecule has 2 spiro atoms. The first kappa shape index (κ1) is 19.4. The van der Waals surface area contributed by atoms with Crippen LogP contribution in [0, 0.1) is 10.8 Å². The van der Waals surface area contributed by atoms with Crippen molar-refractivity contribution in [2.45, 2.75) is 39.2 Å². The summed E-state index contributed by atoms with van der Waals surface area (Å²) in [6.45, 7) is 3.12. The highest BCUT2D eigenvalue weighted by Crippen LogP contribution is 2.57. The minimum absolute atomic E-state index is 0.0131. The van der Waals surface area contributed by atoms with Gasteiger partial charge in [-0.05, 0) is 31.7 Å². The van der Waals surface area contributed by atoms with E-state index in [0.29, 0.717) is 32.4 Å². The topological polar surface area (TPSA) is 66.9 Å². The molecule has 0 bridgehead atoms. The Morgan fingerprint density at radius 2 is 1.83 bits per heavy atom. The van der Waals surface area contributed by atoms with Gasteiger partial charge in [-0.25, -0.2) is 4.79 Å². The van der Waals surface area contributed by atoms with Crippen molar-refractivity contribution in [1.82, 2.24) is 9.80 Å². The second-order valence-corrected chi connectivity index (χ2v) is 7.92. The maximum atomic E-state index is 13.7. The molecule has 3 aliphatic rings. The normalized spacial score (nSPS) is 25.3. The maximum absolute atomic E-state index is 13.7. The van der Waals surface area contributed by atoms with Crippen molar-refractivity contribution in [3.05, 3.63) is 60.4 Å². The number of hydrogen-bond donors (Lipinski definition) is 0. The second kappa shape index (κ2) is 7.50. The number of carbonyl (C=O) groups is 3. The molecular formula is C23H26N2O4. The number of allylic oxidation sites excluding steroid dienone is 2. The Morgan fingerprint density at radius 1 is 1.10 bits per heavy atom. The van der Waals surface area contributed by atoms with Crippen molar-refractivity contribution in [3.8, 4) is 0 Å². The Kier molecular flexibility index (Phi) is 5.03. The van der Waals surface area contributed by atoms with Crippen molar-refractivity contribution >= 4 is 17.8 Å². The van der Waals surface area contributed by atoms with Gasteiger partial charge in [-0.1, -0.05) is 42.5 Å². The van der Waals surface area contributed by atoms with Crippen LogP contribution in [-0.2, 0) is 20.9 Å². The Morgan fingerprint density at radius 3 is 2.45 bits per heavy atom. The Labute approximate surface area is 170 Å². The van der Waals surface area contributed by atoms with E-state index >= 15 is 0 Å². The predicted molar refractivity (Wildman–Crippen MR) is 107 cm³/mol. The largest absolute Gasteiger partial charge is 0.449 e. The smallest absolute Gasteiger partial charge is 0.417 e. The quantitative estimate of drug-likeness (QED) is 0.734. The van der Waals surface area contributed by atoms with Crippen LogP contribution in [0.25, 0.3) is 0 Å². The molecular weight excluding hydrogens is 368 g/mol. The van der Waals surface area contributed by atoms with E-state index in [1.807, 2.05) is 47.4 Å². The number of Topliss-reactive ketones (excluding diaryl/α,β-unsaturated/α-hetero) is 1. The summed E-state index contributed by atoms with van der Waals surface area (Å²) in [6.07, 6.45) is 8.90. The van der Waals surface area contributed by atoms with E-state index in [4.69, 9.17) is 4.74 Å². The van der Waals surface area contributed by atoms with Crippen LogP contribution in [0.1, 0.15) is 38.2 Å². The molecule has 0 N–H and O–H groups in total. The number of benzene rings is 1. The third-order valence-electron chi connectivity index (χ3n) is 6.43. The fraction of sp³-hybridized carbons (Fsp3) is 0.435. The maximum Gasteiger partial charge on any atom is 0.417 e. The Balaban J connectivity index is 1.64. The summed E-state index contributed by atoms with van der Waals surface area (Å²) >= 11 is 0. The van der Waals surface area contributed by atoms with E-state index in [0.717, 1.165) is 12.0 Å². The Bertz CT molecular complexity index is 862. The zero-order valence-electron chi connectivity index (χ0n) is 16.7. The molecule has 1 saturated heterocycles. The van der Waals surface area contributed by atoms with Crippen LogP contribution < -0.4 is 0 Å². The Hall–Kier alpha value is -2.89. The predicted octanol–water partition coefficient (Wildman–Crippen LogP) is 3.64. The number of nitrogens with zero attached hydrogens (tertiary/aromatic N) is 2. The number of hydrogen-bond acceptors (Lipinski definition) is 4. The number of piperidine rings is 1. The van der Waals surface area contributed by atoms with E-state index in [1.54, 1.807) is 19.3 Å². The molecule has 6 heteroatoms. The van der Waals surface area contributed by atoms with Crippen LogP contribution >= 0.6 is 0 Å². The van der Waals surface area contributed by atoms with Crippen LogP contribution in [0.2, 0.25) is 0 Å². The molecule has 1 aromatic carbocycles.